The molecule has 2 N–H and O–H groups in total. The zero-order chi connectivity index (χ0) is 12.3. The Hall–Kier alpha value is -0.780. The third-order valence-corrected chi connectivity index (χ3v) is 2.64. The van der Waals surface area contributed by atoms with E-state index in [1.54, 1.807) is 20.8 Å². The van der Waals surface area contributed by atoms with Crippen LogP contribution in [0.25, 0.3) is 0 Å². The van der Waals surface area contributed by atoms with Gasteiger partial charge in [0.25, 0.3) is 0 Å². The van der Waals surface area contributed by atoms with Gasteiger partial charge in [-0.25, -0.2) is 9.59 Å². The van der Waals surface area contributed by atoms with Crippen molar-refractivity contribution < 1.29 is 19.4 Å². The molecular formula is C9H16BrNO4. The maximum atomic E-state index is 11.3. The Bertz CT molecular complexity index is 261. The van der Waals surface area contributed by atoms with Crippen LogP contribution in [0.15, 0.2) is 0 Å². The minimum Gasteiger partial charge on any atom is -0.479 e. The van der Waals surface area contributed by atoms with Crippen molar-refractivity contribution in [3.63, 3.8) is 0 Å². The third kappa shape index (κ3) is 5.01. The van der Waals surface area contributed by atoms with Gasteiger partial charge in [0.2, 0.25) is 0 Å². The highest BCUT2D eigenvalue weighted by atomic mass is 79.9. The van der Waals surface area contributed by atoms with Gasteiger partial charge in [-0.15, -0.1) is 0 Å². The van der Waals surface area contributed by atoms with E-state index in [9.17, 15) is 9.59 Å². The summed E-state index contributed by atoms with van der Waals surface area (Å²) in [6.07, 6.45) is -0.744. The minimum atomic E-state index is -1.36. The normalized spacial score (nSPS) is 15.3. The molecule has 0 fully saturated rings. The van der Waals surface area contributed by atoms with Gasteiger partial charge in [0, 0.05) is 5.33 Å². The summed E-state index contributed by atoms with van der Waals surface area (Å²) in [5.41, 5.74) is -2.00. The highest BCUT2D eigenvalue weighted by Crippen LogP contribution is 2.11. The Balaban J connectivity index is 4.45. The zero-order valence-electron chi connectivity index (χ0n) is 9.26. The summed E-state index contributed by atoms with van der Waals surface area (Å²) >= 11 is 3.03. The van der Waals surface area contributed by atoms with E-state index >= 15 is 0 Å². The lowest BCUT2D eigenvalue weighted by atomic mass is 10.1. The fourth-order valence-corrected chi connectivity index (χ4v) is 1.05. The molecule has 0 aromatic carbocycles. The second kappa shape index (κ2) is 4.83. The number of nitrogens with one attached hydrogen (secondary N) is 1. The summed E-state index contributed by atoms with van der Waals surface area (Å²) in [4.78, 5) is 22.2. The minimum absolute atomic E-state index is 0.106. The van der Waals surface area contributed by atoms with E-state index in [2.05, 4.69) is 21.2 Å². The maximum absolute atomic E-state index is 11.3. The Kier molecular flexibility index (Phi) is 4.58. The number of amides is 1. The Morgan fingerprint density at radius 3 is 2.07 bits per heavy atom. The van der Waals surface area contributed by atoms with Gasteiger partial charge in [-0.3, -0.25) is 0 Å². The second-order valence-corrected chi connectivity index (χ2v) is 4.96. The first-order chi connectivity index (χ1) is 6.60. The molecule has 0 saturated heterocycles. The van der Waals surface area contributed by atoms with Gasteiger partial charge in [0.05, 0.1) is 0 Å². The summed E-state index contributed by atoms with van der Waals surface area (Å²) in [5.74, 6) is -1.12. The van der Waals surface area contributed by atoms with Gasteiger partial charge >= 0.3 is 12.1 Å². The van der Waals surface area contributed by atoms with E-state index in [0.29, 0.717) is 0 Å². The van der Waals surface area contributed by atoms with E-state index in [0.717, 1.165) is 0 Å². The molecule has 0 aliphatic carbocycles. The summed E-state index contributed by atoms with van der Waals surface area (Å²) in [5, 5.41) is 11.3. The van der Waals surface area contributed by atoms with Crippen LogP contribution >= 0.6 is 15.9 Å². The van der Waals surface area contributed by atoms with Crippen molar-refractivity contribution >= 4 is 28.0 Å². The predicted octanol–water partition coefficient (Wildman–Crippen LogP) is 1.75. The first-order valence-corrected chi connectivity index (χ1v) is 5.53. The first kappa shape index (κ1) is 14.2. The van der Waals surface area contributed by atoms with Gasteiger partial charge in [-0.05, 0) is 27.7 Å². The number of carboxylic acid groups (broad SMARTS) is 1. The van der Waals surface area contributed by atoms with E-state index in [4.69, 9.17) is 9.84 Å². The molecule has 5 nitrogen and oxygen atoms in total. The highest BCUT2D eigenvalue weighted by Gasteiger charge is 2.35. The molecule has 0 radical (unpaired) electrons. The van der Waals surface area contributed by atoms with E-state index in [-0.39, 0.29) is 5.33 Å². The summed E-state index contributed by atoms with van der Waals surface area (Å²) in [6, 6.07) is 0. The largest absolute Gasteiger partial charge is 0.479 e. The van der Waals surface area contributed by atoms with Crippen LogP contribution in [-0.2, 0) is 9.53 Å². The van der Waals surface area contributed by atoms with Gasteiger partial charge in [-0.2, -0.15) is 0 Å². The van der Waals surface area contributed by atoms with E-state index < -0.39 is 23.2 Å². The van der Waals surface area contributed by atoms with Crippen LogP contribution in [0, 0.1) is 0 Å². The molecule has 0 saturated carbocycles. The summed E-state index contributed by atoms with van der Waals surface area (Å²) in [7, 11) is 0. The topological polar surface area (TPSA) is 75.6 Å². The number of ether oxygens (including phenoxy) is 1. The third-order valence-electron chi connectivity index (χ3n) is 1.52. The molecule has 6 heteroatoms. The molecule has 0 aliphatic rings. The Labute approximate surface area is 97.3 Å². The number of hydrogen-bond donors (Lipinski definition) is 2. The molecule has 1 unspecified atom stereocenters. The molecule has 0 aliphatic heterocycles. The van der Waals surface area contributed by atoms with Gasteiger partial charge in [0.15, 0.2) is 0 Å². The molecule has 0 heterocycles. The van der Waals surface area contributed by atoms with E-state index in [1.165, 1.54) is 6.92 Å². The Morgan fingerprint density at radius 1 is 1.33 bits per heavy atom. The molecule has 0 aromatic heterocycles. The molecule has 0 aromatic rings. The number of carboxylic acids is 1. The van der Waals surface area contributed by atoms with Crippen LogP contribution in [0.4, 0.5) is 4.79 Å². The number of halogens is 1. The number of alkyl carbamates (subject to hydrolysis) is 1. The van der Waals surface area contributed by atoms with Gasteiger partial charge < -0.3 is 15.2 Å². The van der Waals surface area contributed by atoms with Crippen molar-refractivity contribution in [2.75, 3.05) is 5.33 Å². The van der Waals surface area contributed by atoms with Crippen LogP contribution in [-0.4, -0.2) is 33.6 Å². The van der Waals surface area contributed by atoms with Crippen LogP contribution in [0.2, 0.25) is 0 Å². The average molecular weight is 282 g/mol. The van der Waals surface area contributed by atoms with Crippen molar-refractivity contribution in [1.82, 2.24) is 5.32 Å². The fraction of sp³-hybridized carbons (Fsp3) is 0.778. The number of rotatable bonds is 3. The predicted molar refractivity (Wildman–Crippen MR) is 59.2 cm³/mol. The van der Waals surface area contributed by atoms with E-state index in [1.807, 2.05) is 0 Å². The molecular weight excluding hydrogens is 266 g/mol. The number of aliphatic carboxylic acids is 1. The lowest BCUT2D eigenvalue weighted by molar-refractivity contribution is -0.143. The van der Waals surface area contributed by atoms with Crippen LogP contribution in [0.1, 0.15) is 27.7 Å². The number of carbonyl (C=O) groups is 2. The number of alkyl halides is 1. The molecule has 0 rings (SSSR count). The highest BCUT2D eigenvalue weighted by molar-refractivity contribution is 9.09. The second-order valence-electron chi connectivity index (χ2n) is 4.40. The molecule has 1 atom stereocenters. The standard InChI is InChI=1S/C9H16BrNO4/c1-8(2,3)15-7(14)11-9(4,5-10)6(12)13/h5H2,1-4H3,(H,11,14)(H,12,13). The lowest BCUT2D eigenvalue weighted by Crippen LogP contribution is -2.54. The maximum Gasteiger partial charge on any atom is 0.408 e. The van der Waals surface area contributed by atoms with Gasteiger partial charge in [0.1, 0.15) is 11.1 Å². The van der Waals surface area contributed by atoms with Gasteiger partial charge in [-0.1, -0.05) is 15.9 Å². The fourth-order valence-electron chi connectivity index (χ4n) is 0.673. The van der Waals surface area contributed by atoms with Crippen molar-refractivity contribution in [3.05, 3.63) is 0 Å². The van der Waals surface area contributed by atoms with Crippen molar-refractivity contribution in [3.8, 4) is 0 Å². The smallest absolute Gasteiger partial charge is 0.408 e. The lowest BCUT2D eigenvalue weighted by Gasteiger charge is -2.26. The molecule has 88 valence electrons. The number of carbonyl (C=O) groups excluding carboxylic acids is 1. The molecule has 0 spiro atoms. The quantitative estimate of drug-likeness (QED) is 0.773. The number of hydrogen-bond acceptors (Lipinski definition) is 3. The monoisotopic (exact) mass is 281 g/mol. The molecule has 0 bridgehead atoms. The summed E-state index contributed by atoms with van der Waals surface area (Å²) in [6.45, 7) is 6.52. The summed E-state index contributed by atoms with van der Waals surface area (Å²) < 4.78 is 4.95. The Morgan fingerprint density at radius 2 is 1.80 bits per heavy atom. The van der Waals surface area contributed by atoms with Crippen molar-refractivity contribution in [2.45, 2.75) is 38.8 Å². The average Bonchev–Trinajstić information content (AvgIpc) is 1.99. The SMILES string of the molecule is CC(C)(C)OC(=O)NC(C)(CBr)C(=O)O. The van der Waals surface area contributed by atoms with Crippen LogP contribution < -0.4 is 5.32 Å². The zero-order valence-corrected chi connectivity index (χ0v) is 10.8. The molecule has 15 heavy (non-hydrogen) atoms. The first-order valence-electron chi connectivity index (χ1n) is 4.41. The van der Waals surface area contributed by atoms with Crippen molar-refractivity contribution in [2.24, 2.45) is 0 Å². The van der Waals surface area contributed by atoms with Crippen molar-refractivity contribution in [1.29, 1.82) is 0 Å². The van der Waals surface area contributed by atoms with Crippen LogP contribution in [0.5, 0.6) is 0 Å². The molecule has 1 amide bonds. The van der Waals surface area contributed by atoms with Crippen LogP contribution in [0.3, 0.4) is 0 Å².